The maximum atomic E-state index is 13.1. The monoisotopic (exact) mass is 225 g/mol. The Hall–Kier alpha value is -0.920. The fourth-order valence-corrected chi connectivity index (χ4v) is 1.69. The Kier molecular flexibility index (Phi) is 5.44. The van der Waals surface area contributed by atoms with Crippen molar-refractivity contribution in [3.05, 3.63) is 42.3 Å². The van der Waals surface area contributed by atoms with Crippen molar-refractivity contribution in [2.45, 2.75) is 45.0 Å². The Morgan fingerprint density at radius 1 is 1.19 bits per heavy atom. The Balaban J connectivity index is 2.17. The van der Waals surface area contributed by atoms with Gasteiger partial charge in [-0.15, -0.1) is 0 Å². The molecule has 0 saturated carbocycles. The summed E-state index contributed by atoms with van der Waals surface area (Å²) in [6.07, 6.45) is 3.73. The summed E-state index contributed by atoms with van der Waals surface area (Å²) in [4.78, 5) is 0. The van der Waals surface area contributed by atoms with Gasteiger partial charge in [0.25, 0.3) is 0 Å². The van der Waals surface area contributed by atoms with Gasteiger partial charge < -0.3 is 0 Å². The van der Waals surface area contributed by atoms with Gasteiger partial charge in [0, 0.05) is 12.8 Å². The second kappa shape index (κ2) is 6.62. The van der Waals surface area contributed by atoms with Crippen LogP contribution < -0.4 is 0 Å². The van der Waals surface area contributed by atoms with Crippen LogP contribution in [0.15, 0.2) is 30.3 Å². The highest BCUT2D eigenvalue weighted by atomic mass is 19.3. The molecule has 89 valence electrons. The second-order valence-corrected chi connectivity index (χ2v) is 4.12. The maximum Gasteiger partial charge on any atom is 0.248 e. The minimum absolute atomic E-state index is 0.00512. The van der Waals surface area contributed by atoms with Gasteiger partial charge in [-0.1, -0.05) is 43.7 Å². The van der Waals surface area contributed by atoms with Gasteiger partial charge in [-0.2, -0.15) is 0 Å². The van der Waals surface area contributed by atoms with Crippen LogP contribution in [0.2, 0.25) is 0 Å². The summed E-state index contributed by atoms with van der Waals surface area (Å²) in [5, 5.41) is 0. The highest BCUT2D eigenvalue weighted by Gasteiger charge is 2.26. The molecule has 0 unspecified atom stereocenters. The lowest BCUT2D eigenvalue weighted by Crippen LogP contribution is -2.15. The first-order valence-corrected chi connectivity index (χ1v) is 5.87. The molecule has 0 bridgehead atoms. The van der Waals surface area contributed by atoms with Crippen LogP contribution in [0.4, 0.5) is 8.78 Å². The quantitative estimate of drug-likeness (QED) is 0.592. The van der Waals surface area contributed by atoms with Crippen molar-refractivity contribution in [1.29, 1.82) is 0 Å². The standard InChI is InChI=1S/C14H19F2/c1-2-11-14(15,16)12-7-6-10-13-8-4-3-5-9-13/h3-5,7-9H,2,6,10-12H2,1H3. The van der Waals surface area contributed by atoms with Crippen molar-refractivity contribution in [3.8, 4) is 0 Å². The lowest BCUT2D eigenvalue weighted by molar-refractivity contribution is -0.00932. The fourth-order valence-electron chi connectivity index (χ4n) is 1.69. The highest BCUT2D eigenvalue weighted by Crippen LogP contribution is 2.26. The number of alkyl halides is 2. The SMILES string of the molecule is CCCC(F)(F)C[CH]CCc1ccccc1. The molecule has 0 aromatic heterocycles. The second-order valence-electron chi connectivity index (χ2n) is 4.12. The number of hydrogen-bond acceptors (Lipinski definition) is 0. The van der Waals surface area contributed by atoms with Crippen LogP contribution in [0, 0.1) is 6.42 Å². The lowest BCUT2D eigenvalue weighted by atomic mass is 10.0. The van der Waals surface area contributed by atoms with Gasteiger partial charge in [-0.3, -0.25) is 0 Å². The minimum atomic E-state index is -2.51. The van der Waals surface area contributed by atoms with Crippen molar-refractivity contribution in [3.63, 3.8) is 0 Å². The van der Waals surface area contributed by atoms with Gasteiger partial charge in [0.15, 0.2) is 0 Å². The van der Waals surface area contributed by atoms with E-state index < -0.39 is 5.92 Å². The van der Waals surface area contributed by atoms with Crippen LogP contribution in [-0.4, -0.2) is 5.92 Å². The number of hydrogen-bond donors (Lipinski definition) is 0. The first-order valence-electron chi connectivity index (χ1n) is 5.87. The molecular formula is C14H19F2. The highest BCUT2D eigenvalue weighted by molar-refractivity contribution is 5.14. The number of halogens is 2. The summed E-state index contributed by atoms with van der Waals surface area (Å²) in [5.41, 5.74) is 1.21. The Morgan fingerprint density at radius 2 is 1.88 bits per heavy atom. The van der Waals surface area contributed by atoms with Crippen molar-refractivity contribution in [1.82, 2.24) is 0 Å². The zero-order valence-corrected chi connectivity index (χ0v) is 9.76. The van der Waals surface area contributed by atoms with E-state index in [0.29, 0.717) is 6.42 Å². The zero-order valence-electron chi connectivity index (χ0n) is 9.76. The topological polar surface area (TPSA) is 0 Å². The minimum Gasteiger partial charge on any atom is -0.207 e. The number of unbranched alkanes of at least 4 members (excludes halogenated alkanes) is 1. The van der Waals surface area contributed by atoms with Gasteiger partial charge in [0.1, 0.15) is 0 Å². The molecule has 0 amide bonds. The molecule has 0 aliphatic carbocycles. The van der Waals surface area contributed by atoms with E-state index in [0.717, 1.165) is 12.8 Å². The summed E-state index contributed by atoms with van der Waals surface area (Å²) < 4.78 is 26.2. The molecule has 0 aliphatic rings. The van der Waals surface area contributed by atoms with E-state index in [1.54, 1.807) is 13.3 Å². The van der Waals surface area contributed by atoms with E-state index >= 15 is 0 Å². The molecular weight excluding hydrogens is 206 g/mol. The largest absolute Gasteiger partial charge is 0.248 e. The third kappa shape index (κ3) is 5.24. The predicted octanol–water partition coefficient (Wildman–Crippen LogP) is 4.65. The third-order valence-corrected chi connectivity index (χ3v) is 2.54. The smallest absolute Gasteiger partial charge is 0.207 e. The molecule has 1 aromatic carbocycles. The Morgan fingerprint density at radius 3 is 2.50 bits per heavy atom. The molecule has 1 radical (unpaired) electrons. The molecule has 1 rings (SSSR count). The van der Waals surface area contributed by atoms with Gasteiger partial charge in [0.05, 0.1) is 0 Å². The number of benzene rings is 1. The lowest BCUT2D eigenvalue weighted by Gasteiger charge is -2.14. The van der Waals surface area contributed by atoms with E-state index in [4.69, 9.17) is 0 Å². The van der Waals surface area contributed by atoms with E-state index in [1.165, 1.54) is 5.56 Å². The summed E-state index contributed by atoms with van der Waals surface area (Å²) in [5.74, 6) is -2.51. The molecule has 0 heterocycles. The molecule has 1 aromatic rings. The Labute approximate surface area is 96.7 Å². The Bertz CT molecular complexity index is 280. The van der Waals surface area contributed by atoms with Gasteiger partial charge in [0.2, 0.25) is 5.92 Å². The summed E-state index contributed by atoms with van der Waals surface area (Å²) in [7, 11) is 0. The summed E-state index contributed by atoms with van der Waals surface area (Å²) in [6, 6.07) is 9.96. The average Bonchev–Trinajstić information content (AvgIpc) is 2.26. The maximum absolute atomic E-state index is 13.1. The van der Waals surface area contributed by atoms with Crippen molar-refractivity contribution < 1.29 is 8.78 Å². The van der Waals surface area contributed by atoms with Crippen LogP contribution in [-0.2, 0) is 6.42 Å². The van der Waals surface area contributed by atoms with Crippen LogP contribution in [0.25, 0.3) is 0 Å². The van der Waals surface area contributed by atoms with Crippen LogP contribution in [0.1, 0.15) is 38.2 Å². The molecule has 0 N–H and O–H groups in total. The van der Waals surface area contributed by atoms with E-state index in [2.05, 4.69) is 0 Å². The summed E-state index contributed by atoms with van der Waals surface area (Å²) >= 11 is 0. The van der Waals surface area contributed by atoms with E-state index in [1.807, 2.05) is 30.3 Å². The third-order valence-electron chi connectivity index (χ3n) is 2.54. The van der Waals surface area contributed by atoms with E-state index in [9.17, 15) is 8.78 Å². The van der Waals surface area contributed by atoms with Crippen molar-refractivity contribution in [2.75, 3.05) is 0 Å². The van der Waals surface area contributed by atoms with Crippen LogP contribution in [0.5, 0.6) is 0 Å². The zero-order chi connectivity index (χ0) is 11.9. The molecule has 16 heavy (non-hydrogen) atoms. The molecule has 0 spiro atoms. The van der Waals surface area contributed by atoms with Gasteiger partial charge in [-0.25, -0.2) is 8.78 Å². The molecule has 0 atom stereocenters. The van der Waals surface area contributed by atoms with Crippen LogP contribution in [0.3, 0.4) is 0 Å². The first-order chi connectivity index (χ1) is 7.64. The van der Waals surface area contributed by atoms with Crippen molar-refractivity contribution >= 4 is 0 Å². The van der Waals surface area contributed by atoms with Crippen LogP contribution >= 0.6 is 0 Å². The molecule has 0 nitrogen and oxygen atoms in total. The number of aryl methyl sites for hydroxylation is 1. The molecule has 2 heteroatoms. The summed E-state index contributed by atoms with van der Waals surface area (Å²) in [6.45, 7) is 1.79. The molecule has 0 aliphatic heterocycles. The van der Waals surface area contributed by atoms with E-state index in [-0.39, 0.29) is 12.8 Å². The fraction of sp³-hybridized carbons (Fsp3) is 0.500. The number of rotatable bonds is 7. The van der Waals surface area contributed by atoms with Crippen molar-refractivity contribution in [2.24, 2.45) is 0 Å². The first kappa shape index (κ1) is 13.1. The van der Waals surface area contributed by atoms with Gasteiger partial charge in [-0.05, 0) is 24.8 Å². The predicted molar refractivity (Wildman–Crippen MR) is 63.5 cm³/mol. The average molecular weight is 225 g/mol. The van der Waals surface area contributed by atoms with Gasteiger partial charge >= 0.3 is 0 Å². The molecule has 0 fully saturated rings. The molecule has 0 saturated heterocycles. The normalized spacial score (nSPS) is 11.7.